The fourth-order valence-electron chi connectivity index (χ4n) is 2.33. The Morgan fingerprint density at radius 3 is 2.86 bits per heavy atom. The highest BCUT2D eigenvalue weighted by Gasteiger charge is 2.15. The van der Waals surface area contributed by atoms with E-state index in [2.05, 4.69) is 15.6 Å². The first-order valence-corrected chi connectivity index (χ1v) is 7.30. The highest BCUT2D eigenvalue weighted by molar-refractivity contribution is 5.61. The van der Waals surface area contributed by atoms with E-state index >= 15 is 0 Å². The summed E-state index contributed by atoms with van der Waals surface area (Å²) < 4.78 is 2.15. The first-order chi connectivity index (χ1) is 10.0. The summed E-state index contributed by atoms with van der Waals surface area (Å²) in [7, 11) is 0. The summed E-state index contributed by atoms with van der Waals surface area (Å²) in [4.78, 5) is 4.43. The van der Waals surface area contributed by atoms with Crippen LogP contribution in [0.5, 0.6) is 0 Å². The van der Waals surface area contributed by atoms with Crippen molar-refractivity contribution in [3.05, 3.63) is 36.7 Å². The maximum absolute atomic E-state index is 9.02. The molecule has 0 spiro atoms. The number of nitriles is 1. The van der Waals surface area contributed by atoms with Gasteiger partial charge in [0.25, 0.3) is 0 Å². The molecule has 0 bridgehead atoms. The molecule has 0 aliphatic heterocycles. The van der Waals surface area contributed by atoms with Gasteiger partial charge in [-0.1, -0.05) is 18.6 Å². The van der Waals surface area contributed by atoms with Crippen LogP contribution in [-0.2, 0) is 6.54 Å². The maximum Gasteiger partial charge on any atom is 0.139 e. The standard InChI is InChI=1S/C17H22N4/c1-17(2,13-18)8-3-4-10-21-11-9-20-16(21)14-6-5-7-15(19)12-14/h5-7,9,11-12H,3-4,8,10,19H2,1-2H3. The number of unbranched alkanes of at least 4 members (excludes halogenated alkanes) is 1. The van der Waals surface area contributed by atoms with Gasteiger partial charge in [0, 0.05) is 30.2 Å². The van der Waals surface area contributed by atoms with Gasteiger partial charge in [-0.25, -0.2) is 4.98 Å². The zero-order chi connectivity index (χ0) is 15.3. The molecule has 0 fully saturated rings. The Labute approximate surface area is 126 Å². The highest BCUT2D eigenvalue weighted by Crippen LogP contribution is 2.23. The second-order valence-corrected chi connectivity index (χ2v) is 6.02. The molecule has 0 saturated heterocycles. The van der Waals surface area contributed by atoms with Gasteiger partial charge in [0.15, 0.2) is 0 Å². The van der Waals surface area contributed by atoms with E-state index in [0.717, 1.165) is 42.9 Å². The molecule has 0 amide bonds. The van der Waals surface area contributed by atoms with Gasteiger partial charge >= 0.3 is 0 Å². The van der Waals surface area contributed by atoms with Crippen LogP contribution in [0, 0.1) is 16.7 Å². The van der Waals surface area contributed by atoms with Gasteiger partial charge in [-0.3, -0.25) is 0 Å². The molecule has 2 aromatic rings. The molecule has 0 atom stereocenters. The second-order valence-electron chi connectivity index (χ2n) is 6.02. The van der Waals surface area contributed by atoms with Gasteiger partial charge in [-0.05, 0) is 38.8 Å². The molecule has 0 unspecified atom stereocenters. The van der Waals surface area contributed by atoms with E-state index in [1.807, 2.05) is 50.5 Å². The number of nitrogen functional groups attached to an aromatic ring is 1. The molecule has 4 nitrogen and oxygen atoms in total. The lowest BCUT2D eigenvalue weighted by atomic mass is 9.89. The molecular weight excluding hydrogens is 260 g/mol. The molecule has 0 aliphatic rings. The van der Waals surface area contributed by atoms with E-state index in [1.54, 1.807) is 0 Å². The summed E-state index contributed by atoms with van der Waals surface area (Å²) in [5, 5.41) is 9.02. The average molecular weight is 282 g/mol. The van der Waals surface area contributed by atoms with Crippen LogP contribution in [-0.4, -0.2) is 9.55 Å². The SMILES string of the molecule is CC(C)(C#N)CCCCn1ccnc1-c1cccc(N)c1. The number of anilines is 1. The highest BCUT2D eigenvalue weighted by atomic mass is 15.1. The number of imidazole rings is 1. The van der Waals surface area contributed by atoms with E-state index < -0.39 is 0 Å². The Hall–Kier alpha value is -2.28. The topological polar surface area (TPSA) is 67.6 Å². The normalized spacial score (nSPS) is 11.3. The summed E-state index contributed by atoms with van der Waals surface area (Å²) in [6.07, 6.45) is 6.81. The molecule has 0 saturated carbocycles. The van der Waals surface area contributed by atoms with Crippen molar-refractivity contribution in [2.24, 2.45) is 5.41 Å². The van der Waals surface area contributed by atoms with E-state index in [-0.39, 0.29) is 5.41 Å². The van der Waals surface area contributed by atoms with Crippen molar-refractivity contribution in [1.29, 1.82) is 5.26 Å². The summed E-state index contributed by atoms with van der Waals surface area (Å²) in [6, 6.07) is 10.1. The Balaban J connectivity index is 1.97. The third kappa shape index (κ3) is 4.09. The number of hydrogen-bond donors (Lipinski definition) is 1. The van der Waals surface area contributed by atoms with Gasteiger partial charge in [0.1, 0.15) is 5.82 Å². The van der Waals surface area contributed by atoms with E-state index in [9.17, 15) is 0 Å². The van der Waals surface area contributed by atoms with Gasteiger partial charge in [-0.2, -0.15) is 5.26 Å². The zero-order valence-electron chi connectivity index (χ0n) is 12.7. The van der Waals surface area contributed by atoms with E-state index in [4.69, 9.17) is 11.0 Å². The summed E-state index contributed by atoms with van der Waals surface area (Å²) in [5.74, 6) is 0.946. The fourth-order valence-corrected chi connectivity index (χ4v) is 2.33. The molecule has 110 valence electrons. The Morgan fingerprint density at radius 1 is 1.33 bits per heavy atom. The molecule has 1 aromatic carbocycles. The predicted molar refractivity (Wildman–Crippen MR) is 85.3 cm³/mol. The van der Waals surface area contributed by atoms with Crippen molar-refractivity contribution >= 4 is 5.69 Å². The lowest BCUT2D eigenvalue weighted by Crippen LogP contribution is -2.08. The smallest absolute Gasteiger partial charge is 0.139 e. The van der Waals surface area contributed by atoms with E-state index in [1.165, 1.54) is 0 Å². The third-order valence-corrected chi connectivity index (χ3v) is 3.61. The lowest BCUT2D eigenvalue weighted by molar-refractivity contribution is 0.417. The van der Waals surface area contributed by atoms with Gasteiger partial charge in [0.05, 0.1) is 11.5 Å². The fraction of sp³-hybridized carbons (Fsp3) is 0.412. The monoisotopic (exact) mass is 282 g/mol. The van der Waals surface area contributed by atoms with Crippen LogP contribution in [0.4, 0.5) is 5.69 Å². The lowest BCUT2D eigenvalue weighted by Gasteiger charge is -2.15. The molecular formula is C17H22N4. The van der Waals surface area contributed by atoms with Crippen LogP contribution in [0.25, 0.3) is 11.4 Å². The Kier molecular flexibility index (Phi) is 4.64. The van der Waals surface area contributed by atoms with Crippen molar-refractivity contribution in [2.45, 2.75) is 39.7 Å². The van der Waals surface area contributed by atoms with Crippen LogP contribution >= 0.6 is 0 Å². The summed E-state index contributed by atoms with van der Waals surface area (Å²) in [6.45, 7) is 4.89. The van der Waals surface area contributed by atoms with Crippen molar-refractivity contribution in [3.8, 4) is 17.5 Å². The number of rotatable bonds is 6. The number of aromatic nitrogens is 2. The summed E-state index contributed by atoms with van der Waals surface area (Å²) in [5.41, 5.74) is 7.39. The minimum Gasteiger partial charge on any atom is -0.399 e. The number of aryl methyl sites for hydroxylation is 1. The van der Waals surface area contributed by atoms with Crippen molar-refractivity contribution in [2.75, 3.05) is 5.73 Å². The number of benzene rings is 1. The molecule has 4 heteroatoms. The quantitative estimate of drug-likeness (QED) is 0.646. The van der Waals surface area contributed by atoms with Crippen LogP contribution in [0.15, 0.2) is 36.7 Å². The first-order valence-electron chi connectivity index (χ1n) is 7.30. The van der Waals surface area contributed by atoms with E-state index in [0.29, 0.717) is 0 Å². The number of nitrogens with zero attached hydrogens (tertiary/aromatic N) is 3. The number of hydrogen-bond acceptors (Lipinski definition) is 3. The van der Waals surface area contributed by atoms with Gasteiger partial charge in [-0.15, -0.1) is 0 Å². The zero-order valence-corrected chi connectivity index (χ0v) is 12.7. The van der Waals surface area contributed by atoms with Crippen LogP contribution in [0.1, 0.15) is 33.1 Å². The van der Waals surface area contributed by atoms with Crippen molar-refractivity contribution < 1.29 is 0 Å². The predicted octanol–water partition coefficient (Wildman–Crippen LogP) is 3.85. The minimum atomic E-state index is -0.231. The number of nitrogens with two attached hydrogens (primary N) is 1. The third-order valence-electron chi connectivity index (χ3n) is 3.61. The Bertz CT molecular complexity index is 634. The molecule has 1 aromatic heterocycles. The first kappa shape index (κ1) is 15.1. The molecule has 0 radical (unpaired) electrons. The van der Waals surface area contributed by atoms with Crippen molar-refractivity contribution in [1.82, 2.24) is 9.55 Å². The molecule has 2 rings (SSSR count). The summed E-state index contributed by atoms with van der Waals surface area (Å²) >= 11 is 0. The van der Waals surface area contributed by atoms with Gasteiger partial charge in [0.2, 0.25) is 0 Å². The molecule has 2 N–H and O–H groups in total. The van der Waals surface area contributed by atoms with Crippen LogP contribution < -0.4 is 5.73 Å². The molecule has 0 aliphatic carbocycles. The van der Waals surface area contributed by atoms with Crippen LogP contribution in [0.2, 0.25) is 0 Å². The minimum absolute atomic E-state index is 0.231. The molecule has 1 heterocycles. The average Bonchev–Trinajstić information content (AvgIpc) is 2.92. The molecule has 21 heavy (non-hydrogen) atoms. The van der Waals surface area contributed by atoms with Crippen molar-refractivity contribution in [3.63, 3.8) is 0 Å². The largest absolute Gasteiger partial charge is 0.399 e. The second kappa shape index (κ2) is 6.45. The van der Waals surface area contributed by atoms with Gasteiger partial charge < -0.3 is 10.3 Å². The Morgan fingerprint density at radius 2 is 2.14 bits per heavy atom. The van der Waals surface area contributed by atoms with Crippen LogP contribution in [0.3, 0.4) is 0 Å². The maximum atomic E-state index is 9.02.